The highest BCUT2D eigenvalue weighted by Crippen LogP contribution is 2.40. The Kier molecular flexibility index (Phi) is 4.04. The molecule has 0 aliphatic heterocycles. The van der Waals surface area contributed by atoms with E-state index in [1.807, 2.05) is 0 Å². The highest BCUT2D eigenvalue weighted by molar-refractivity contribution is 9.10. The van der Waals surface area contributed by atoms with Gasteiger partial charge in [-0.15, -0.1) is 0 Å². The van der Waals surface area contributed by atoms with E-state index in [0.717, 1.165) is 12.8 Å². The number of ether oxygens (including phenoxy) is 1. The Bertz CT molecular complexity index is 556. The van der Waals surface area contributed by atoms with Gasteiger partial charge in [-0.25, -0.2) is 4.79 Å². The number of carbonyl (C=O) groups excluding carboxylic acids is 1. The molecule has 0 spiro atoms. The first-order valence-corrected chi connectivity index (χ1v) is 7.07. The van der Waals surface area contributed by atoms with E-state index in [0.29, 0.717) is 15.8 Å². The maximum Gasteiger partial charge on any atom is 0.329 e. The van der Waals surface area contributed by atoms with Crippen molar-refractivity contribution in [3.63, 3.8) is 0 Å². The fourth-order valence-electron chi connectivity index (χ4n) is 2.11. The van der Waals surface area contributed by atoms with Crippen molar-refractivity contribution < 1.29 is 19.4 Å². The van der Waals surface area contributed by atoms with Crippen LogP contribution in [0.5, 0.6) is 5.75 Å². The summed E-state index contributed by atoms with van der Waals surface area (Å²) >= 11 is 3.30. The molecule has 5 nitrogen and oxygen atoms in total. The van der Waals surface area contributed by atoms with Crippen molar-refractivity contribution in [2.24, 2.45) is 5.92 Å². The van der Waals surface area contributed by atoms with Crippen LogP contribution in [0, 0.1) is 5.92 Å². The number of hydrogen-bond donors (Lipinski definition) is 2. The topological polar surface area (TPSA) is 75.6 Å². The zero-order chi connectivity index (χ0) is 14.9. The van der Waals surface area contributed by atoms with Gasteiger partial charge >= 0.3 is 5.97 Å². The van der Waals surface area contributed by atoms with Crippen molar-refractivity contribution in [2.75, 3.05) is 7.11 Å². The van der Waals surface area contributed by atoms with Crippen LogP contribution in [-0.2, 0) is 4.79 Å². The molecule has 2 N–H and O–H groups in total. The summed E-state index contributed by atoms with van der Waals surface area (Å²) in [7, 11) is 1.54. The van der Waals surface area contributed by atoms with Crippen molar-refractivity contribution in [2.45, 2.75) is 25.3 Å². The van der Waals surface area contributed by atoms with Crippen LogP contribution in [0.2, 0.25) is 0 Å². The third-order valence-electron chi connectivity index (χ3n) is 3.63. The predicted molar refractivity (Wildman–Crippen MR) is 76.9 cm³/mol. The minimum atomic E-state index is -1.20. The third kappa shape index (κ3) is 2.80. The molecule has 0 saturated heterocycles. The SMILES string of the molecule is COc1ccc(C(=O)NC(C)(C(=O)O)C2CC2)cc1Br. The molecular formula is C14H16BrNO4. The van der Waals surface area contributed by atoms with Gasteiger partial charge in [0.05, 0.1) is 11.6 Å². The van der Waals surface area contributed by atoms with Crippen molar-refractivity contribution in [3.05, 3.63) is 28.2 Å². The first-order valence-electron chi connectivity index (χ1n) is 6.28. The number of methoxy groups -OCH3 is 1. The standard InChI is InChI=1S/C14H16BrNO4/c1-14(13(18)19,9-4-5-9)16-12(17)8-3-6-11(20-2)10(15)7-8/h3,6-7,9H,4-5H2,1-2H3,(H,16,17)(H,18,19). The summed E-state index contributed by atoms with van der Waals surface area (Å²) in [5.74, 6) is -0.776. The van der Waals surface area contributed by atoms with E-state index in [9.17, 15) is 14.7 Å². The van der Waals surface area contributed by atoms with E-state index in [2.05, 4.69) is 21.2 Å². The van der Waals surface area contributed by atoms with Gasteiger partial charge in [0.25, 0.3) is 5.91 Å². The van der Waals surface area contributed by atoms with Crippen LogP contribution in [-0.4, -0.2) is 29.6 Å². The Labute approximate surface area is 125 Å². The van der Waals surface area contributed by atoms with E-state index >= 15 is 0 Å². The van der Waals surface area contributed by atoms with Gasteiger partial charge in [-0.3, -0.25) is 4.79 Å². The van der Waals surface area contributed by atoms with E-state index in [4.69, 9.17) is 4.74 Å². The zero-order valence-corrected chi connectivity index (χ0v) is 12.9. The highest BCUT2D eigenvalue weighted by atomic mass is 79.9. The quantitative estimate of drug-likeness (QED) is 0.862. The maximum atomic E-state index is 12.2. The molecule has 2 rings (SSSR count). The number of carboxylic acid groups (broad SMARTS) is 1. The average molecular weight is 342 g/mol. The van der Waals surface area contributed by atoms with Gasteiger partial charge in [0.2, 0.25) is 0 Å². The fourth-order valence-corrected chi connectivity index (χ4v) is 2.65. The van der Waals surface area contributed by atoms with Gasteiger partial charge in [0, 0.05) is 5.56 Å². The summed E-state index contributed by atoms with van der Waals surface area (Å²) in [6.45, 7) is 1.56. The first-order chi connectivity index (χ1) is 9.38. The summed E-state index contributed by atoms with van der Waals surface area (Å²) in [5.41, 5.74) is -0.811. The summed E-state index contributed by atoms with van der Waals surface area (Å²) in [4.78, 5) is 23.6. The number of carbonyl (C=O) groups is 2. The van der Waals surface area contributed by atoms with E-state index in [-0.39, 0.29) is 5.92 Å². The summed E-state index contributed by atoms with van der Waals surface area (Å²) < 4.78 is 5.74. The van der Waals surface area contributed by atoms with Crippen molar-refractivity contribution in [1.29, 1.82) is 0 Å². The molecule has 0 radical (unpaired) electrons. The molecule has 1 saturated carbocycles. The number of halogens is 1. The summed E-state index contributed by atoms with van der Waals surface area (Å²) in [5, 5.41) is 12.0. The smallest absolute Gasteiger partial charge is 0.329 e. The van der Waals surface area contributed by atoms with Crippen molar-refractivity contribution in [1.82, 2.24) is 5.32 Å². The molecule has 1 aromatic carbocycles. The number of aliphatic carboxylic acids is 1. The van der Waals surface area contributed by atoms with Crippen molar-refractivity contribution in [3.8, 4) is 5.75 Å². The lowest BCUT2D eigenvalue weighted by atomic mass is 9.95. The van der Waals surface area contributed by atoms with Gasteiger partial charge in [0.1, 0.15) is 11.3 Å². The molecule has 6 heteroatoms. The maximum absolute atomic E-state index is 12.2. The molecule has 0 aromatic heterocycles. The van der Waals surface area contributed by atoms with Crippen LogP contribution in [0.4, 0.5) is 0 Å². The Morgan fingerprint density at radius 1 is 1.45 bits per heavy atom. The molecule has 0 bridgehead atoms. The Morgan fingerprint density at radius 3 is 2.55 bits per heavy atom. The largest absolute Gasteiger partial charge is 0.496 e. The van der Waals surface area contributed by atoms with Gasteiger partial charge in [0.15, 0.2) is 0 Å². The molecule has 1 amide bonds. The Morgan fingerprint density at radius 2 is 2.10 bits per heavy atom. The van der Waals surface area contributed by atoms with Gasteiger partial charge < -0.3 is 15.2 Å². The molecule has 108 valence electrons. The third-order valence-corrected chi connectivity index (χ3v) is 4.25. The van der Waals surface area contributed by atoms with Gasteiger partial charge in [-0.05, 0) is 59.8 Å². The molecular weight excluding hydrogens is 326 g/mol. The Balaban J connectivity index is 2.19. The average Bonchev–Trinajstić information content (AvgIpc) is 3.22. The Hall–Kier alpha value is -1.56. The molecule has 1 fully saturated rings. The van der Waals surface area contributed by atoms with Crippen LogP contribution in [0.15, 0.2) is 22.7 Å². The lowest BCUT2D eigenvalue weighted by Crippen LogP contribution is -2.54. The zero-order valence-electron chi connectivity index (χ0n) is 11.3. The first kappa shape index (κ1) is 14.8. The molecule has 1 aliphatic carbocycles. The number of amides is 1. The van der Waals surface area contributed by atoms with Gasteiger partial charge in [-0.2, -0.15) is 0 Å². The lowest BCUT2D eigenvalue weighted by Gasteiger charge is -2.26. The van der Waals surface area contributed by atoms with Crippen molar-refractivity contribution >= 4 is 27.8 Å². The van der Waals surface area contributed by atoms with Crippen LogP contribution in [0.25, 0.3) is 0 Å². The second-order valence-electron chi connectivity index (χ2n) is 5.09. The predicted octanol–water partition coefficient (Wildman–Crippen LogP) is 2.44. The summed E-state index contributed by atoms with van der Waals surface area (Å²) in [6, 6.07) is 4.88. The molecule has 1 atom stereocenters. The van der Waals surface area contributed by atoms with E-state index in [1.165, 1.54) is 7.11 Å². The lowest BCUT2D eigenvalue weighted by molar-refractivity contribution is -0.144. The number of nitrogens with one attached hydrogen (secondary N) is 1. The molecule has 0 heterocycles. The highest BCUT2D eigenvalue weighted by Gasteiger charge is 2.48. The number of benzene rings is 1. The second-order valence-corrected chi connectivity index (χ2v) is 5.94. The van der Waals surface area contributed by atoms with E-state index < -0.39 is 17.4 Å². The van der Waals surface area contributed by atoms with Crippen LogP contribution in [0.3, 0.4) is 0 Å². The normalized spacial score (nSPS) is 17.1. The number of carboxylic acids is 1. The fraction of sp³-hybridized carbons (Fsp3) is 0.429. The second kappa shape index (κ2) is 5.44. The van der Waals surface area contributed by atoms with Gasteiger partial charge in [-0.1, -0.05) is 0 Å². The minimum Gasteiger partial charge on any atom is -0.496 e. The summed E-state index contributed by atoms with van der Waals surface area (Å²) in [6.07, 6.45) is 1.66. The monoisotopic (exact) mass is 341 g/mol. The molecule has 1 aromatic rings. The molecule has 20 heavy (non-hydrogen) atoms. The van der Waals surface area contributed by atoms with Crippen LogP contribution < -0.4 is 10.1 Å². The number of hydrogen-bond acceptors (Lipinski definition) is 3. The molecule has 1 aliphatic rings. The molecule has 1 unspecified atom stereocenters. The number of rotatable bonds is 5. The van der Waals surface area contributed by atoms with E-state index in [1.54, 1.807) is 25.1 Å². The van der Waals surface area contributed by atoms with Crippen LogP contribution >= 0.6 is 15.9 Å². The minimum absolute atomic E-state index is 0.00522. The van der Waals surface area contributed by atoms with Crippen LogP contribution in [0.1, 0.15) is 30.1 Å².